The average Bonchev–Trinajstić information content (AvgIpc) is 3.43. The van der Waals surface area contributed by atoms with Gasteiger partial charge in [-0.1, -0.05) is 291 Å². The molecule has 6 nitrogen and oxygen atoms in total. The van der Waals surface area contributed by atoms with Crippen molar-refractivity contribution >= 4 is 17.9 Å². The summed E-state index contributed by atoms with van der Waals surface area (Å²) in [5.41, 5.74) is 0. The number of unbranched alkanes of at least 4 members (excludes halogenated alkanes) is 32. The van der Waals surface area contributed by atoms with Crippen LogP contribution in [0.5, 0.6) is 0 Å². The highest BCUT2D eigenvalue weighted by atomic mass is 16.6. The van der Waals surface area contributed by atoms with Crippen molar-refractivity contribution in [3.63, 3.8) is 0 Å². The van der Waals surface area contributed by atoms with Crippen LogP contribution >= 0.6 is 0 Å². The molecule has 0 radical (unpaired) electrons. The van der Waals surface area contributed by atoms with Crippen molar-refractivity contribution in [3.05, 3.63) is 97.2 Å². The molecule has 6 heteroatoms. The summed E-state index contributed by atoms with van der Waals surface area (Å²) in [4.78, 5) is 38.0. The third-order valence-corrected chi connectivity index (χ3v) is 14.1. The molecule has 0 aromatic rings. The van der Waals surface area contributed by atoms with Gasteiger partial charge in [-0.15, -0.1) is 0 Å². The maximum Gasteiger partial charge on any atom is 0.306 e. The zero-order valence-corrected chi connectivity index (χ0v) is 50.7. The molecule has 0 saturated heterocycles. The van der Waals surface area contributed by atoms with E-state index in [1.165, 1.54) is 167 Å². The molecule has 0 N–H and O–H groups in total. The highest BCUT2D eigenvalue weighted by molar-refractivity contribution is 5.71. The summed E-state index contributed by atoms with van der Waals surface area (Å²) in [5, 5.41) is 0. The summed E-state index contributed by atoms with van der Waals surface area (Å²) in [6.45, 7) is 6.45. The lowest BCUT2D eigenvalue weighted by atomic mass is 10.0. The first-order valence-corrected chi connectivity index (χ1v) is 32.7. The van der Waals surface area contributed by atoms with Crippen molar-refractivity contribution in [3.8, 4) is 0 Å². The molecule has 0 amide bonds. The lowest BCUT2D eigenvalue weighted by Crippen LogP contribution is -2.30. The predicted molar refractivity (Wildman–Crippen MR) is 334 cm³/mol. The average molecular weight is 1070 g/mol. The molecule has 0 saturated carbocycles. The fourth-order valence-corrected chi connectivity index (χ4v) is 9.18. The van der Waals surface area contributed by atoms with Gasteiger partial charge in [0, 0.05) is 19.3 Å². The molecule has 0 fully saturated rings. The Morgan fingerprint density at radius 1 is 0.273 bits per heavy atom. The van der Waals surface area contributed by atoms with E-state index in [1.54, 1.807) is 0 Å². The summed E-state index contributed by atoms with van der Waals surface area (Å²) >= 11 is 0. The molecule has 0 spiro atoms. The van der Waals surface area contributed by atoms with Crippen LogP contribution in [0.25, 0.3) is 0 Å². The van der Waals surface area contributed by atoms with Gasteiger partial charge in [0.2, 0.25) is 0 Å². The fourth-order valence-electron chi connectivity index (χ4n) is 9.18. The maximum absolute atomic E-state index is 12.8. The van der Waals surface area contributed by atoms with E-state index in [4.69, 9.17) is 14.2 Å². The van der Waals surface area contributed by atoms with Crippen LogP contribution in [0.4, 0.5) is 0 Å². The standard InChI is InChI=1S/C71H122O6/c1-4-7-10-13-15-17-19-21-23-25-27-29-31-33-35-37-39-41-43-45-47-49-51-53-55-58-61-64-70(73)76-67-68(66-75-69(72)63-60-57-12-9-6-3)77-71(74)65-62-59-56-54-52-50-48-46-44-42-40-38-36-34-32-30-28-26-24-22-20-18-16-14-11-8-5-2/h7,10,15,17,20-23,26-29,32-35,68H,4-6,8-9,11-14,16,18-19,24-25,30-31,36-67H2,1-3H3/b10-7-,17-15-,22-20-,23-21-,28-26-,29-27-,34-32-,35-33-. The molecule has 1 unspecified atom stereocenters. The minimum Gasteiger partial charge on any atom is -0.462 e. The zero-order chi connectivity index (χ0) is 55.7. The second-order valence-corrected chi connectivity index (χ2v) is 21.6. The van der Waals surface area contributed by atoms with Crippen molar-refractivity contribution in [2.24, 2.45) is 0 Å². The van der Waals surface area contributed by atoms with E-state index in [-0.39, 0.29) is 31.1 Å². The minimum absolute atomic E-state index is 0.0781. The third kappa shape index (κ3) is 63.0. The van der Waals surface area contributed by atoms with Crippen LogP contribution in [-0.2, 0) is 28.6 Å². The first-order valence-electron chi connectivity index (χ1n) is 32.7. The Labute approximate surface area is 477 Å². The number of allylic oxidation sites excluding steroid dienone is 16. The van der Waals surface area contributed by atoms with E-state index in [9.17, 15) is 14.4 Å². The summed E-state index contributed by atoms with van der Waals surface area (Å²) in [5.74, 6) is -0.888. The van der Waals surface area contributed by atoms with Crippen LogP contribution in [0.2, 0.25) is 0 Å². The molecule has 442 valence electrons. The monoisotopic (exact) mass is 1070 g/mol. The maximum atomic E-state index is 12.8. The van der Waals surface area contributed by atoms with Gasteiger partial charge in [0.25, 0.3) is 0 Å². The number of hydrogen-bond donors (Lipinski definition) is 0. The summed E-state index contributed by atoms with van der Waals surface area (Å²) in [6.07, 6.45) is 87.5. The van der Waals surface area contributed by atoms with Gasteiger partial charge in [0.1, 0.15) is 13.2 Å². The molecule has 1 atom stereocenters. The summed E-state index contributed by atoms with van der Waals surface area (Å²) in [6, 6.07) is 0. The van der Waals surface area contributed by atoms with Gasteiger partial charge in [-0.05, 0) is 103 Å². The summed E-state index contributed by atoms with van der Waals surface area (Å²) in [7, 11) is 0. The van der Waals surface area contributed by atoms with E-state index in [1.807, 2.05) is 0 Å². The van der Waals surface area contributed by atoms with Gasteiger partial charge in [0.05, 0.1) is 0 Å². The van der Waals surface area contributed by atoms with Crippen molar-refractivity contribution in [2.45, 2.75) is 322 Å². The van der Waals surface area contributed by atoms with Gasteiger partial charge < -0.3 is 14.2 Å². The Hall–Kier alpha value is -3.67. The number of ether oxygens (including phenoxy) is 3. The Kier molecular flexibility index (Phi) is 61.8. The lowest BCUT2D eigenvalue weighted by Gasteiger charge is -2.18. The Bertz CT molecular complexity index is 1510. The molecule has 0 aromatic heterocycles. The Morgan fingerprint density at radius 2 is 0.506 bits per heavy atom. The predicted octanol–water partition coefficient (Wildman–Crippen LogP) is 22.4. The van der Waals surface area contributed by atoms with Gasteiger partial charge in [-0.3, -0.25) is 14.4 Å². The van der Waals surface area contributed by atoms with E-state index in [0.717, 1.165) is 109 Å². The van der Waals surface area contributed by atoms with Crippen LogP contribution in [0.15, 0.2) is 97.2 Å². The van der Waals surface area contributed by atoms with Crippen LogP contribution in [0, 0.1) is 0 Å². The lowest BCUT2D eigenvalue weighted by molar-refractivity contribution is -0.167. The molecular weight excluding hydrogens is 949 g/mol. The molecule has 0 bridgehead atoms. The number of carbonyl (C=O) groups excluding carboxylic acids is 3. The SMILES string of the molecule is CC/C=C\C/C=C\C/C=C\C/C=C\C/C=C\CCCCCCCCCCCCCC(=O)OCC(COC(=O)CCCCCCC)OC(=O)CCCCCCCCCCCCCC/C=C\C/C=C\C/C=C\CCCCCCC. The van der Waals surface area contributed by atoms with Crippen LogP contribution in [0.3, 0.4) is 0 Å². The molecule has 0 aliphatic heterocycles. The highest BCUT2D eigenvalue weighted by Crippen LogP contribution is 2.16. The van der Waals surface area contributed by atoms with E-state index < -0.39 is 6.10 Å². The third-order valence-electron chi connectivity index (χ3n) is 14.1. The second kappa shape index (κ2) is 64.9. The van der Waals surface area contributed by atoms with E-state index in [0.29, 0.717) is 19.3 Å². The minimum atomic E-state index is -0.777. The molecule has 0 aliphatic rings. The normalized spacial score (nSPS) is 12.7. The van der Waals surface area contributed by atoms with Crippen molar-refractivity contribution in [1.82, 2.24) is 0 Å². The first-order chi connectivity index (χ1) is 38.0. The molecule has 77 heavy (non-hydrogen) atoms. The van der Waals surface area contributed by atoms with Crippen molar-refractivity contribution in [1.29, 1.82) is 0 Å². The number of hydrogen-bond acceptors (Lipinski definition) is 6. The fraction of sp³-hybridized carbons (Fsp3) is 0.732. The largest absolute Gasteiger partial charge is 0.462 e. The number of esters is 3. The topological polar surface area (TPSA) is 78.9 Å². The van der Waals surface area contributed by atoms with Crippen molar-refractivity contribution in [2.75, 3.05) is 13.2 Å². The van der Waals surface area contributed by atoms with Gasteiger partial charge in [-0.2, -0.15) is 0 Å². The smallest absolute Gasteiger partial charge is 0.306 e. The number of carbonyl (C=O) groups is 3. The number of rotatable bonds is 59. The molecule has 0 rings (SSSR count). The Morgan fingerprint density at radius 3 is 0.792 bits per heavy atom. The highest BCUT2D eigenvalue weighted by Gasteiger charge is 2.19. The Balaban J connectivity index is 4.04. The molecule has 0 aliphatic carbocycles. The van der Waals surface area contributed by atoms with Gasteiger partial charge >= 0.3 is 17.9 Å². The van der Waals surface area contributed by atoms with Gasteiger partial charge in [-0.25, -0.2) is 0 Å². The van der Waals surface area contributed by atoms with Crippen molar-refractivity contribution < 1.29 is 28.6 Å². The molecule has 0 aromatic carbocycles. The van der Waals surface area contributed by atoms with Crippen LogP contribution < -0.4 is 0 Å². The molecule has 0 heterocycles. The van der Waals surface area contributed by atoms with Crippen LogP contribution in [0.1, 0.15) is 316 Å². The van der Waals surface area contributed by atoms with E-state index >= 15 is 0 Å². The van der Waals surface area contributed by atoms with E-state index in [2.05, 4.69) is 118 Å². The quantitative estimate of drug-likeness (QED) is 0.0261. The van der Waals surface area contributed by atoms with Gasteiger partial charge in [0.15, 0.2) is 6.10 Å². The zero-order valence-electron chi connectivity index (χ0n) is 50.7. The van der Waals surface area contributed by atoms with Crippen LogP contribution in [-0.4, -0.2) is 37.2 Å². The second-order valence-electron chi connectivity index (χ2n) is 21.6. The molecular formula is C71H122O6. The summed E-state index contributed by atoms with van der Waals surface area (Å²) < 4.78 is 16.8. The first kappa shape index (κ1) is 73.3.